The van der Waals surface area contributed by atoms with Gasteiger partial charge in [-0.3, -0.25) is 24.0 Å². The molecule has 2 N–H and O–H groups in total. The van der Waals surface area contributed by atoms with Gasteiger partial charge < -0.3 is 20.3 Å². The van der Waals surface area contributed by atoms with Crippen LogP contribution in [0.5, 0.6) is 11.5 Å². The Labute approximate surface area is 254 Å². The van der Waals surface area contributed by atoms with Crippen LogP contribution in [-0.4, -0.2) is 62.2 Å². The van der Waals surface area contributed by atoms with E-state index in [1.54, 1.807) is 67.4 Å². The summed E-state index contributed by atoms with van der Waals surface area (Å²) >= 11 is 0. The molecule has 1 saturated heterocycles. The van der Waals surface area contributed by atoms with Crippen molar-refractivity contribution < 1.29 is 14.3 Å². The fourth-order valence-electron chi connectivity index (χ4n) is 5.41. The Morgan fingerprint density at radius 3 is 2.39 bits per heavy atom. The number of nitrogens with zero attached hydrogens (tertiary/aromatic N) is 5. The second kappa shape index (κ2) is 12.1. The number of nitrogens with one attached hydrogen (secondary N) is 2. The lowest BCUT2D eigenvalue weighted by Crippen LogP contribution is -2.43. The number of ether oxygens (including phenoxy) is 1. The number of fused-ring (bicyclic) bond motifs is 1. The number of hydrogen-bond donors (Lipinski definition) is 2. The fourth-order valence-corrected chi connectivity index (χ4v) is 5.41. The highest BCUT2D eigenvalue weighted by molar-refractivity contribution is 6.05. The first-order valence-electron chi connectivity index (χ1n) is 14.5. The summed E-state index contributed by atoms with van der Waals surface area (Å²) < 4.78 is 9.30. The van der Waals surface area contributed by atoms with E-state index in [-0.39, 0.29) is 17.5 Å². The van der Waals surface area contributed by atoms with Crippen molar-refractivity contribution in [1.29, 1.82) is 0 Å². The van der Waals surface area contributed by atoms with Crippen LogP contribution >= 0.6 is 0 Å². The normalized spacial score (nSPS) is 14.0. The average Bonchev–Trinajstić information content (AvgIpc) is 3.26. The number of carbonyl (C=O) groups excluding carboxylic acids is 2. The van der Waals surface area contributed by atoms with Crippen molar-refractivity contribution in [2.75, 3.05) is 25.5 Å². The van der Waals surface area contributed by atoms with E-state index in [1.807, 2.05) is 30.3 Å². The summed E-state index contributed by atoms with van der Waals surface area (Å²) in [4.78, 5) is 50.3. The van der Waals surface area contributed by atoms with Gasteiger partial charge in [0.05, 0.1) is 23.1 Å². The van der Waals surface area contributed by atoms with Crippen molar-refractivity contribution in [2.24, 2.45) is 7.05 Å². The van der Waals surface area contributed by atoms with Crippen LogP contribution < -0.4 is 20.9 Å². The lowest BCUT2D eigenvalue weighted by Gasteiger charge is -2.29. The van der Waals surface area contributed by atoms with E-state index in [4.69, 9.17) is 4.74 Å². The Morgan fingerprint density at radius 2 is 1.66 bits per heavy atom. The van der Waals surface area contributed by atoms with Gasteiger partial charge in [0, 0.05) is 30.4 Å². The third kappa shape index (κ3) is 5.82. The number of benzene rings is 2. The van der Waals surface area contributed by atoms with Gasteiger partial charge in [-0.05, 0) is 88.4 Å². The minimum Gasteiger partial charge on any atom is -0.457 e. The number of anilines is 1. The number of aromatic nitrogens is 4. The summed E-state index contributed by atoms with van der Waals surface area (Å²) in [7, 11) is 3.83. The Morgan fingerprint density at radius 1 is 0.932 bits per heavy atom. The molecule has 3 aromatic heterocycles. The van der Waals surface area contributed by atoms with Crippen LogP contribution in [-0.2, 0) is 7.05 Å². The molecule has 0 bridgehead atoms. The molecule has 224 valence electrons. The first kappa shape index (κ1) is 28.8. The molecule has 0 saturated carbocycles. The monoisotopic (exact) mass is 591 g/mol. The molecule has 11 nitrogen and oxygen atoms in total. The summed E-state index contributed by atoms with van der Waals surface area (Å²) in [6.45, 7) is 3.63. The number of likely N-dealkylation sites (tertiary alicyclic amines) is 1. The molecule has 6 rings (SSSR count). The molecule has 4 heterocycles. The van der Waals surface area contributed by atoms with Crippen LogP contribution in [0.25, 0.3) is 16.6 Å². The van der Waals surface area contributed by atoms with Gasteiger partial charge in [-0.1, -0.05) is 18.2 Å². The Bertz CT molecular complexity index is 1890. The van der Waals surface area contributed by atoms with Crippen LogP contribution in [0, 0.1) is 6.92 Å². The fraction of sp³-hybridized carbons (Fsp3) is 0.242. The zero-order valence-electron chi connectivity index (χ0n) is 24.8. The standard InChI is InChI=1S/C33H33N7O4/c1-21-30(33(43)40(39(21)3)24-7-5-4-6-8-24)32(42)37-22-9-11-25(12-10-22)44-29-13-16-34-28-20-35-27(19-26(28)29)31(41)36-23-14-17-38(2)18-15-23/h4-13,16,19-20,23H,14-15,17-18H2,1-3H3,(H,36,41)(H,37,42). The van der Waals surface area contributed by atoms with Gasteiger partial charge in [-0.2, -0.15) is 0 Å². The molecule has 2 aromatic carbocycles. The number of piperidine rings is 1. The number of rotatable bonds is 7. The lowest BCUT2D eigenvalue weighted by molar-refractivity contribution is 0.0911. The Balaban J connectivity index is 1.17. The van der Waals surface area contributed by atoms with Crippen LogP contribution in [0.4, 0.5) is 5.69 Å². The third-order valence-electron chi connectivity index (χ3n) is 8.00. The van der Waals surface area contributed by atoms with Crippen LogP contribution in [0.15, 0.2) is 83.9 Å². The molecular formula is C33H33N7O4. The topological polar surface area (TPSA) is 123 Å². The molecule has 0 spiro atoms. The van der Waals surface area contributed by atoms with Crippen molar-refractivity contribution in [3.8, 4) is 17.2 Å². The second-order valence-corrected chi connectivity index (χ2v) is 11.0. The predicted molar refractivity (Wildman–Crippen MR) is 168 cm³/mol. The predicted octanol–water partition coefficient (Wildman–Crippen LogP) is 4.30. The maximum Gasteiger partial charge on any atom is 0.284 e. The zero-order valence-corrected chi connectivity index (χ0v) is 24.8. The van der Waals surface area contributed by atoms with Gasteiger partial charge in [0.2, 0.25) is 0 Å². The van der Waals surface area contributed by atoms with Gasteiger partial charge in [0.15, 0.2) is 0 Å². The SMILES string of the molecule is Cc1c(C(=O)Nc2ccc(Oc3ccnc4cnc(C(=O)NC5CCN(C)CC5)cc34)cc2)c(=O)n(-c2ccccc2)n1C. The summed E-state index contributed by atoms with van der Waals surface area (Å²) in [5, 5.41) is 6.57. The highest BCUT2D eigenvalue weighted by Gasteiger charge is 2.23. The molecular weight excluding hydrogens is 558 g/mol. The van der Waals surface area contributed by atoms with E-state index in [0.29, 0.717) is 45.2 Å². The molecule has 0 aliphatic carbocycles. The van der Waals surface area contributed by atoms with E-state index < -0.39 is 11.5 Å². The zero-order chi connectivity index (χ0) is 30.8. The van der Waals surface area contributed by atoms with Crippen molar-refractivity contribution >= 4 is 28.4 Å². The molecule has 0 unspecified atom stereocenters. The Hall–Kier alpha value is -5.29. The molecule has 0 radical (unpaired) electrons. The molecule has 0 atom stereocenters. The van der Waals surface area contributed by atoms with E-state index in [9.17, 15) is 14.4 Å². The van der Waals surface area contributed by atoms with Crippen molar-refractivity contribution in [3.63, 3.8) is 0 Å². The smallest absolute Gasteiger partial charge is 0.284 e. The largest absolute Gasteiger partial charge is 0.457 e. The van der Waals surface area contributed by atoms with Crippen molar-refractivity contribution in [2.45, 2.75) is 25.8 Å². The number of amides is 2. The quantitative estimate of drug-likeness (QED) is 0.289. The van der Waals surface area contributed by atoms with Gasteiger partial charge in [0.25, 0.3) is 17.4 Å². The highest BCUT2D eigenvalue weighted by Crippen LogP contribution is 2.30. The van der Waals surface area contributed by atoms with E-state index in [2.05, 4.69) is 32.5 Å². The minimum atomic E-state index is -0.495. The first-order valence-corrected chi connectivity index (χ1v) is 14.5. The molecule has 44 heavy (non-hydrogen) atoms. The molecule has 11 heteroatoms. The highest BCUT2D eigenvalue weighted by atomic mass is 16.5. The molecule has 1 fully saturated rings. The number of carbonyl (C=O) groups is 2. The van der Waals surface area contributed by atoms with E-state index in [0.717, 1.165) is 25.9 Å². The van der Waals surface area contributed by atoms with Crippen LogP contribution in [0.2, 0.25) is 0 Å². The minimum absolute atomic E-state index is 0.0733. The van der Waals surface area contributed by atoms with Crippen LogP contribution in [0.3, 0.4) is 0 Å². The van der Waals surface area contributed by atoms with Gasteiger partial charge in [-0.25, -0.2) is 9.67 Å². The molecule has 1 aliphatic heterocycles. The number of hydrogen-bond acceptors (Lipinski definition) is 7. The van der Waals surface area contributed by atoms with Crippen LogP contribution in [0.1, 0.15) is 39.4 Å². The molecule has 2 amide bonds. The third-order valence-corrected chi connectivity index (χ3v) is 8.00. The second-order valence-electron chi connectivity index (χ2n) is 11.0. The van der Waals surface area contributed by atoms with Crippen molar-refractivity contribution in [1.82, 2.24) is 29.5 Å². The summed E-state index contributed by atoms with van der Waals surface area (Å²) in [6.07, 6.45) is 5.00. The maximum atomic E-state index is 13.2. The maximum absolute atomic E-state index is 13.2. The summed E-state index contributed by atoms with van der Waals surface area (Å²) in [5.74, 6) is 0.321. The van der Waals surface area contributed by atoms with Gasteiger partial charge in [0.1, 0.15) is 22.8 Å². The summed E-state index contributed by atoms with van der Waals surface area (Å²) in [5.41, 5.74) is 2.31. The number of pyridine rings is 2. The number of para-hydroxylation sites is 1. The van der Waals surface area contributed by atoms with E-state index >= 15 is 0 Å². The van der Waals surface area contributed by atoms with Crippen molar-refractivity contribution in [3.05, 3.63) is 106 Å². The molecule has 5 aromatic rings. The average molecular weight is 592 g/mol. The van der Waals surface area contributed by atoms with E-state index in [1.165, 1.54) is 4.68 Å². The van der Waals surface area contributed by atoms with Gasteiger partial charge in [-0.15, -0.1) is 0 Å². The Kier molecular flexibility index (Phi) is 7.95. The van der Waals surface area contributed by atoms with Gasteiger partial charge >= 0.3 is 0 Å². The lowest BCUT2D eigenvalue weighted by atomic mass is 10.1. The molecule has 1 aliphatic rings. The first-order chi connectivity index (χ1) is 21.3. The summed E-state index contributed by atoms with van der Waals surface area (Å²) in [6, 6.07) is 19.6.